The molecule has 2 atom stereocenters. The zero-order valence-electron chi connectivity index (χ0n) is 12.0. The number of carboxylic acid groups (broad SMARTS) is 1. The number of hydrogen-bond acceptors (Lipinski definition) is 5. The molecule has 2 rings (SSSR count). The Morgan fingerprint density at radius 1 is 1.50 bits per heavy atom. The largest absolute Gasteiger partial charge is 0.481 e. The number of carboxylic acids is 1. The summed E-state index contributed by atoms with van der Waals surface area (Å²) in [6.45, 7) is 2.65. The van der Waals surface area contributed by atoms with E-state index < -0.39 is 5.97 Å². The number of nitrogens with one attached hydrogen (secondary N) is 1. The third-order valence-corrected chi connectivity index (χ3v) is 3.83. The summed E-state index contributed by atoms with van der Waals surface area (Å²) in [4.78, 5) is 15.3. The van der Waals surface area contributed by atoms with E-state index in [2.05, 4.69) is 22.4 Å². The molecule has 0 spiro atoms. The number of aryl methyl sites for hydroxylation is 1. The predicted molar refractivity (Wildman–Crippen MR) is 73.1 cm³/mol. The first-order valence-corrected chi connectivity index (χ1v) is 7.46. The third kappa shape index (κ3) is 4.30. The van der Waals surface area contributed by atoms with Crippen molar-refractivity contribution in [1.29, 1.82) is 0 Å². The van der Waals surface area contributed by atoms with Gasteiger partial charge in [0.25, 0.3) is 0 Å². The zero-order valence-corrected chi connectivity index (χ0v) is 12.0. The molecule has 0 aromatic carbocycles. The SMILES string of the molecule is CCCCc1noc(CNC2CCCC(C(=O)O)C2)n1. The van der Waals surface area contributed by atoms with Gasteiger partial charge in [0.15, 0.2) is 5.82 Å². The fourth-order valence-corrected chi connectivity index (χ4v) is 2.63. The molecule has 0 amide bonds. The first-order valence-electron chi connectivity index (χ1n) is 7.46. The molecule has 0 radical (unpaired) electrons. The van der Waals surface area contributed by atoms with Crippen LogP contribution in [0.2, 0.25) is 0 Å². The Morgan fingerprint density at radius 2 is 2.35 bits per heavy atom. The maximum absolute atomic E-state index is 11.0. The van der Waals surface area contributed by atoms with E-state index in [0.717, 1.165) is 44.3 Å². The van der Waals surface area contributed by atoms with Crippen LogP contribution in [0.25, 0.3) is 0 Å². The highest BCUT2D eigenvalue weighted by Gasteiger charge is 2.26. The monoisotopic (exact) mass is 281 g/mol. The highest BCUT2D eigenvalue weighted by molar-refractivity contribution is 5.70. The molecule has 0 saturated heterocycles. The summed E-state index contributed by atoms with van der Waals surface area (Å²) < 4.78 is 5.19. The molecule has 1 saturated carbocycles. The van der Waals surface area contributed by atoms with Gasteiger partial charge >= 0.3 is 5.97 Å². The Kier molecular flexibility index (Phi) is 5.52. The fourth-order valence-electron chi connectivity index (χ4n) is 2.63. The maximum Gasteiger partial charge on any atom is 0.306 e. The Morgan fingerprint density at radius 3 is 3.10 bits per heavy atom. The number of hydrogen-bond donors (Lipinski definition) is 2. The Bertz CT molecular complexity index is 433. The quantitative estimate of drug-likeness (QED) is 0.796. The number of carbonyl (C=O) groups is 1. The van der Waals surface area contributed by atoms with Gasteiger partial charge in [0.1, 0.15) is 0 Å². The van der Waals surface area contributed by atoms with E-state index in [1.54, 1.807) is 0 Å². The van der Waals surface area contributed by atoms with E-state index in [4.69, 9.17) is 9.63 Å². The average molecular weight is 281 g/mol. The second-order valence-electron chi connectivity index (χ2n) is 5.49. The van der Waals surface area contributed by atoms with Crippen molar-refractivity contribution in [3.63, 3.8) is 0 Å². The molecule has 1 fully saturated rings. The number of aromatic nitrogens is 2. The van der Waals surface area contributed by atoms with Crippen molar-refractivity contribution in [3.8, 4) is 0 Å². The molecule has 2 N–H and O–H groups in total. The minimum Gasteiger partial charge on any atom is -0.481 e. The molecular weight excluding hydrogens is 258 g/mol. The number of aliphatic carboxylic acids is 1. The lowest BCUT2D eigenvalue weighted by Crippen LogP contribution is -2.36. The van der Waals surface area contributed by atoms with Crippen LogP contribution >= 0.6 is 0 Å². The zero-order chi connectivity index (χ0) is 14.4. The molecule has 6 heteroatoms. The first kappa shape index (κ1) is 15.0. The van der Waals surface area contributed by atoms with E-state index in [-0.39, 0.29) is 12.0 Å². The van der Waals surface area contributed by atoms with Crippen molar-refractivity contribution >= 4 is 5.97 Å². The van der Waals surface area contributed by atoms with Gasteiger partial charge in [-0.2, -0.15) is 4.98 Å². The van der Waals surface area contributed by atoms with Crippen molar-refractivity contribution in [2.75, 3.05) is 0 Å². The van der Waals surface area contributed by atoms with Crippen LogP contribution in [0.4, 0.5) is 0 Å². The van der Waals surface area contributed by atoms with Crippen molar-refractivity contribution in [1.82, 2.24) is 15.5 Å². The van der Waals surface area contributed by atoms with Gasteiger partial charge in [0.05, 0.1) is 12.5 Å². The van der Waals surface area contributed by atoms with E-state index in [1.165, 1.54) is 0 Å². The van der Waals surface area contributed by atoms with Crippen molar-refractivity contribution < 1.29 is 14.4 Å². The van der Waals surface area contributed by atoms with Crippen LogP contribution in [0.1, 0.15) is 57.2 Å². The van der Waals surface area contributed by atoms with Gasteiger partial charge in [-0.3, -0.25) is 4.79 Å². The summed E-state index contributed by atoms with van der Waals surface area (Å²) in [5.41, 5.74) is 0. The second kappa shape index (κ2) is 7.38. The van der Waals surface area contributed by atoms with Crippen LogP contribution in [-0.2, 0) is 17.8 Å². The van der Waals surface area contributed by atoms with Gasteiger partial charge in [-0.15, -0.1) is 0 Å². The van der Waals surface area contributed by atoms with Crippen molar-refractivity contribution in [2.45, 2.75) is 64.5 Å². The molecule has 20 heavy (non-hydrogen) atoms. The fraction of sp³-hybridized carbons (Fsp3) is 0.786. The molecule has 1 aliphatic rings. The average Bonchev–Trinajstić information content (AvgIpc) is 2.91. The van der Waals surface area contributed by atoms with E-state index in [0.29, 0.717) is 18.9 Å². The number of rotatable bonds is 7. The van der Waals surface area contributed by atoms with E-state index in [1.807, 2.05) is 0 Å². The van der Waals surface area contributed by atoms with Gasteiger partial charge in [-0.1, -0.05) is 24.9 Å². The summed E-state index contributed by atoms with van der Waals surface area (Å²) in [6.07, 6.45) is 6.48. The predicted octanol–water partition coefficient (Wildman–Crippen LogP) is 2.15. The number of unbranched alkanes of at least 4 members (excludes halogenated alkanes) is 1. The maximum atomic E-state index is 11.0. The normalized spacial score (nSPS) is 22.9. The standard InChI is InChI=1S/C14H23N3O3/c1-2-3-7-12-16-13(20-17-12)9-15-11-6-4-5-10(8-11)14(18)19/h10-11,15H,2-9H2,1H3,(H,18,19). The summed E-state index contributed by atoms with van der Waals surface area (Å²) in [5, 5.41) is 16.3. The highest BCUT2D eigenvalue weighted by atomic mass is 16.5. The molecule has 1 aromatic heterocycles. The Balaban J connectivity index is 1.76. The van der Waals surface area contributed by atoms with Gasteiger partial charge in [-0.25, -0.2) is 0 Å². The molecule has 6 nitrogen and oxygen atoms in total. The van der Waals surface area contributed by atoms with Crippen LogP contribution in [0.5, 0.6) is 0 Å². The Hall–Kier alpha value is -1.43. The van der Waals surface area contributed by atoms with Crippen LogP contribution in [-0.4, -0.2) is 27.3 Å². The third-order valence-electron chi connectivity index (χ3n) is 3.83. The minimum atomic E-state index is -0.684. The van der Waals surface area contributed by atoms with Gasteiger partial charge in [-0.05, 0) is 25.7 Å². The van der Waals surface area contributed by atoms with E-state index in [9.17, 15) is 4.79 Å². The summed E-state index contributed by atoms with van der Waals surface area (Å²) in [5.74, 6) is 0.449. The molecular formula is C14H23N3O3. The second-order valence-corrected chi connectivity index (χ2v) is 5.49. The summed E-state index contributed by atoms with van der Waals surface area (Å²) >= 11 is 0. The first-order chi connectivity index (χ1) is 9.69. The molecule has 0 aliphatic heterocycles. The summed E-state index contributed by atoms with van der Waals surface area (Å²) in [7, 11) is 0. The van der Waals surface area contributed by atoms with Gasteiger partial charge in [0, 0.05) is 12.5 Å². The molecule has 1 heterocycles. The Labute approximate surface area is 118 Å². The molecule has 1 aliphatic carbocycles. The van der Waals surface area contributed by atoms with Crippen molar-refractivity contribution in [3.05, 3.63) is 11.7 Å². The van der Waals surface area contributed by atoms with Crippen LogP contribution in [0.15, 0.2) is 4.52 Å². The van der Waals surface area contributed by atoms with Crippen LogP contribution < -0.4 is 5.32 Å². The summed E-state index contributed by atoms with van der Waals surface area (Å²) in [6, 6.07) is 0.232. The lowest BCUT2D eigenvalue weighted by Gasteiger charge is -2.26. The molecule has 0 bridgehead atoms. The minimum absolute atomic E-state index is 0.218. The van der Waals surface area contributed by atoms with E-state index >= 15 is 0 Å². The molecule has 1 aromatic rings. The highest BCUT2D eigenvalue weighted by Crippen LogP contribution is 2.24. The van der Waals surface area contributed by atoms with Gasteiger partial charge < -0.3 is 14.9 Å². The smallest absolute Gasteiger partial charge is 0.306 e. The van der Waals surface area contributed by atoms with Gasteiger partial charge in [0.2, 0.25) is 5.89 Å². The van der Waals surface area contributed by atoms with Crippen LogP contribution in [0, 0.1) is 5.92 Å². The van der Waals surface area contributed by atoms with Crippen LogP contribution in [0.3, 0.4) is 0 Å². The lowest BCUT2D eigenvalue weighted by molar-refractivity contribution is -0.143. The topological polar surface area (TPSA) is 88.2 Å². The lowest BCUT2D eigenvalue weighted by atomic mass is 9.86. The number of nitrogens with zero attached hydrogens (tertiary/aromatic N) is 2. The molecule has 2 unspecified atom stereocenters. The molecule has 112 valence electrons. The van der Waals surface area contributed by atoms with Crippen molar-refractivity contribution in [2.24, 2.45) is 5.92 Å².